The Bertz CT molecular complexity index is 850. The predicted molar refractivity (Wildman–Crippen MR) is 106 cm³/mol. The van der Waals surface area contributed by atoms with Crippen LogP contribution in [-0.4, -0.2) is 54.0 Å². The Labute approximate surface area is 167 Å². The van der Waals surface area contributed by atoms with E-state index in [4.69, 9.17) is 4.74 Å². The first-order chi connectivity index (χ1) is 13.0. The lowest BCUT2D eigenvalue weighted by molar-refractivity contribution is -0.136. The lowest BCUT2D eigenvalue weighted by atomic mass is 10.1. The number of benzene rings is 1. The van der Waals surface area contributed by atoms with E-state index in [1.807, 2.05) is 30.3 Å². The molecule has 3 rings (SSSR count). The number of carbonyl (C=O) groups is 2. The second-order valence-corrected chi connectivity index (χ2v) is 7.39. The van der Waals surface area contributed by atoms with Gasteiger partial charge in [-0.25, -0.2) is 0 Å². The number of carbonyl (C=O) groups excluding carboxylic acids is 2. The van der Waals surface area contributed by atoms with Crippen molar-refractivity contribution in [1.82, 2.24) is 15.2 Å². The Morgan fingerprint density at radius 1 is 1.22 bits per heavy atom. The summed E-state index contributed by atoms with van der Waals surface area (Å²) in [4.78, 5) is 31.3. The Balaban J connectivity index is 1.70. The second kappa shape index (κ2) is 8.63. The highest BCUT2D eigenvalue weighted by molar-refractivity contribution is 9.10. The van der Waals surface area contributed by atoms with Crippen LogP contribution >= 0.6 is 15.9 Å². The average molecular weight is 432 g/mol. The van der Waals surface area contributed by atoms with Gasteiger partial charge < -0.3 is 15.0 Å². The van der Waals surface area contributed by atoms with Crippen molar-refractivity contribution in [3.63, 3.8) is 0 Å². The molecule has 1 atom stereocenters. The van der Waals surface area contributed by atoms with Crippen molar-refractivity contribution in [2.24, 2.45) is 0 Å². The van der Waals surface area contributed by atoms with E-state index >= 15 is 0 Å². The molecule has 0 radical (unpaired) electrons. The number of nitrogens with zero attached hydrogens (tertiary/aromatic N) is 2. The molecule has 27 heavy (non-hydrogen) atoms. The number of morpholine rings is 1. The van der Waals surface area contributed by atoms with Gasteiger partial charge in [0.05, 0.1) is 30.2 Å². The molecule has 7 heteroatoms. The summed E-state index contributed by atoms with van der Waals surface area (Å²) in [5.41, 5.74) is 2.85. The number of hydrogen-bond acceptors (Lipinski definition) is 4. The van der Waals surface area contributed by atoms with Crippen molar-refractivity contribution < 1.29 is 14.3 Å². The predicted octanol–water partition coefficient (Wildman–Crippen LogP) is 2.80. The van der Waals surface area contributed by atoms with Crippen LogP contribution in [0.5, 0.6) is 0 Å². The zero-order chi connectivity index (χ0) is 19.4. The zero-order valence-electron chi connectivity index (χ0n) is 15.4. The minimum absolute atomic E-state index is 0.0944. The van der Waals surface area contributed by atoms with Gasteiger partial charge in [0, 0.05) is 23.1 Å². The molecule has 0 unspecified atom stereocenters. The maximum absolute atomic E-state index is 12.6. The molecule has 0 bridgehead atoms. The van der Waals surface area contributed by atoms with Gasteiger partial charge in [-0.15, -0.1) is 0 Å². The van der Waals surface area contributed by atoms with Crippen molar-refractivity contribution in [2.75, 3.05) is 26.3 Å². The number of pyridine rings is 1. The summed E-state index contributed by atoms with van der Waals surface area (Å²) >= 11 is 3.45. The minimum atomic E-state index is -0.597. The zero-order valence-corrected chi connectivity index (χ0v) is 17.0. The van der Waals surface area contributed by atoms with E-state index in [1.54, 1.807) is 24.8 Å². The maximum atomic E-state index is 12.6. The quantitative estimate of drug-likeness (QED) is 0.807. The first-order valence-electron chi connectivity index (χ1n) is 8.86. The van der Waals surface area contributed by atoms with Gasteiger partial charge in [-0.3, -0.25) is 14.6 Å². The molecule has 2 heterocycles. The fourth-order valence-corrected chi connectivity index (χ4v) is 3.40. The maximum Gasteiger partial charge on any atom is 0.253 e. The molecular formula is C20H22BrN3O3. The van der Waals surface area contributed by atoms with E-state index in [2.05, 4.69) is 26.2 Å². The summed E-state index contributed by atoms with van der Waals surface area (Å²) in [5.74, 6) is -0.391. The Kier molecular flexibility index (Phi) is 6.23. The highest BCUT2D eigenvalue weighted by Crippen LogP contribution is 2.22. The largest absolute Gasteiger partial charge is 0.378 e. The highest BCUT2D eigenvalue weighted by atomic mass is 79.9. The third-order valence-corrected chi connectivity index (χ3v) is 4.98. The molecule has 2 aromatic rings. The number of ether oxygens (including phenoxy) is 1. The van der Waals surface area contributed by atoms with Gasteiger partial charge in [-0.1, -0.05) is 28.1 Å². The van der Waals surface area contributed by atoms with Crippen LogP contribution in [0.15, 0.2) is 40.9 Å². The van der Waals surface area contributed by atoms with Gasteiger partial charge in [0.15, 0.2) is 0 Å². The van der Waals surface area contributed by atoms with E-state index in [0.29, 0.717) is 37.6 Å². The van der Waals surface area contributed by atoms with Gasteiger partial charge >= 0.3 is 0 Å². The standard InChI is InChI=1S/C20H22BrN3O3/c1-13-17(6-7-18(22-13)15-4-3-5-16(21)12-15)19(25)23-14(2)20(26)24-8-10-27-11-9-24/h3-7,12,14H,8-11H2,1-2H3,(H,23,25)/t14-/m1/s1. The molecule has 2 amide bonds. The van der Waals surface area contributed by atoms with Crippen LogP contribution in [0.25, 0.3) is 11.3 Å². The number of halogens is 1. The van der Waals surface area contributed by atoms with Crippen LogP contribution in [0.4, 0.5) is 0 Å². The fourth-order valence-electron chi connectivity index (χ4n) is 3.00. The van der Waals surface area contributed by atoms with Crippen molar-refractivity contribution in [2.45, 2.75) is 19.9 Å². The van der Waals surface area contributed by atoms with Crippen LogP contribution in [0, 0.1) is 6.92 Å². The monoisotopic (exact) mass is 431 g/mol. The molecule has 6 nitrogen and oxygen atoms in total. The molecule has 1 fully saturated rings. The molecule has 0 spiro atoms. The number of hydrogen-bond donors (Lipinski definition) is 1. The molecule has 1 N–H and O–H groups in total. The number of amides is 2. The number of nitrogens with one attached hydrogen (secondary N) is 1. The lowest BCUT2D eigenvalue weighted by Crippen LogP contribution is -2.50. The van der Waals surface area contributed by atoms with Crippen molar-refractivity contribution in [1.29, 1.82) is 0 Å². The summed E-state index contributed by atoms with van der Waals surface area (Å²) in [6.45, 7) is 5.68. The Morgan fingerprint density at radius 2 is 1.96 bits per heavy atom. The summed E-state index contributed by atoms with van der Waals surface area (Å²) in [6, 6.07) is 10.8. The normalized spacial score (nSPS) is 15.3. The molecule has 1 aliphatic rings. The molecule has 1 aliphatic heterocycles. The van der Waals surface area contributed by atoms with Gasteiger partial charge in [-0.2, -0.15) is 0 Å². The van der Waals surface area contributed by atoms with Crippen LogP contribution in [0.3, 0.4) is 0 Å². The molecule has 142 valence electrons. The topological polar surface area (TPSA) is 71.5 Å². The van der Waals surface area contributed by atoms with E-state index < -0.39 is 6.04 Å². The molecule has 1 aromatic heterocycles. The Hall–Kier alpha value is -2.25. The minimum Gasteiger partial charge on any atom is -0.378 e. The molecule has 0 saturated carbocycles. The fraction of sp³-hybridized carbons (Fsp3) is 0.350. The van der Waals surface area contributed by atoms with E-state index in [0.717, 1.165) is 15.7 Å². The van der Waals surface area contributed by atoms with Crippen molar-refractivity contribution in [3.05, 3.63) is 52.1 Å². The Morgan fingerprint density at radius 3 is 2.63 bits per heavy atom. The van der Waals surface area contributed by atoms with Gasteiger partial charge in [0.25, 0.3) is 5.91 Å². The third-order valence-electron chi connectivity index (χ3n) is 4.49. The van der Waals surface area contributed by atoms with Gasteiger partial charge in [0.1, 0.15) is 6.04 Å². The van der Waals surface area contributed by atoms with Crippen molar-refractivity contribution in [3.8, 4) is 11.3 Å². The van der Waals surface area contributed by atoms with E-state index in [1.165, 1.54) is 0 Å². The van der Waals surface area contributed by atoms with Crippen LogP contribution in [-0.2, 0) is 9.53 Å². The third kappa shape index (κ3) is 4.73. The first-order valence-corrected chi connectivity index (χ1v) is 9.66. The molecule has 0 aliphatic carbocycles. The van der Waals surface area contributed by atoms with Crippen LogP contribution in [0.2, 0.25) is 0 Å². The first kappa shape index (κ1) is 19.5. The molecular weight excluding hydrogens is 410 g/mol. The lowest BCUT2D eigenvalue weighted by Gasteiger charge is -2.29. The number of rotatable bonds is 4. The highest BCUT2D eigenvalue weighted by Gasteiger charge is 2.24. The smallest absolute Gasteiger partial charge is 0.253 e. The summed E-state index contributed by atoms with van der Waals surface area (Å²) in [7, 11) is 0. The summed E-state index contributed by atoms with van der Waals surface area (Å²) < 4.78 is 6.23. The van der Waals surface area contributed by atoms with E-state index in [9.17, 15) is 9.59 Å². The molecule has 1 aromatic carbocycles. The van der Waals surface area contributed by atoms with Crippen LogP contribution in [0.1, 0.15) is 23.0 Å². The molecule has 1 saturated heterocycles. The number of aromatic nitrogens is 1. The van der Waals surface area contributed by atoms with Gasteiger partial charge in [-0.05, 0) is 38.1 Å². The summed E-state index contributed by atoms with van der Waals surface area (Å²) in [6.07, 6.45) is 0. The van der Waals surface area contributed by atoms with E-state index in [-0.39, 0.29) is 11.8 Å². The van der Waals surface area contributed by atoms with Gasteiger partial charge in [0.2, 0.25) is 5.91 Å². The van der Waals surface area contributed by atoms with Crippen molar-refractivity contribution >= 4 is 27.7 Å². The second-order valence-electron chi connectivity index (χ2n) is 6.47. The SMILES string of the molecule is Cc1nc(-c2cccc(Br)c2)ccc1C(=O)N[C@H](C)C(=O)N1CCOCC1. The average Bonchev–Trinajstić information content (AvgIpc) is 2.67. The number of aryl methyl sites for hydroxylation is 1. The van der Waals surface area contributed by atoms with Crippen LogP contribution < -0.4 is 5.32 Å². The summed E-state index contributed by atoms with van der Waals surface area (Å²) in [5, 5.41) is 2.78.